The molecule has 0 unspecified atom stereocenters. The van der Waals surface area contributed by atoms with E-state index in [1.54, 1.807) is 17.0 Å². The monoisotopic (exact) mass is 387 g/mol. The van der Waals surface area contributed by atoms with Crippen LogP contribution in [0.5, 0.6) is 0 Å². The first-order valence-electron chi connectivity index (χ1n) is 8.86. The number of nitrogens with zero attached hydrogens (tertiary/aromatic N) is 2. The van der Waals surface area contributed by atoms with Crippen molar-refractivity contribution in [3.05, 3.63) is 53.0 Å². The van der Waals surface area contributed by atoms with E-state index >= 15 is 0 Å². The average Bonchev–Trinajstić information content (AvgIpc) is 2.62. The highest BCUT2D eigenvalue weighted by molar-refractivity contribution is 8.00. The lowest BCUT2D eigenvalue weighted by molar-refractivity contribution is -0.121. The minimum Gasteiger partial charge on any atom is -0.352 e. The number of benzene rings is 1. The van der Waals surface area contributed by atoms with Gasteiger partial charge >= 0.3 is 0 Å². The van der Waals surface area contributed by atoms with Crippen LogP contribution in [0, 0.1) is 19.7 Å². The molecule has 2 heterocycles. The molecule has 0 aliphatic carbocycles. The van der Waals surface area contributed by atoms with Gasteiger partial charge < -0.3 is 10.2 Å². The largest absolute Gasteiger partial charge is 0.352 e. The second-order valence-corrected chi connectivity index (χ2v) is 7.54. The van der Waals surface area contributed by atoms with Crippen molar-refractivity contribution in [1.29, 1.82) is 0 Å². The second-order valence-electron chi connectivity index (χ2n) is 6.58. The molecule has 2 amide bonds. The minimum absolute atomic E-state index is 0.0430. The highest BCUT2D eigenvalue weighted by Gasteiger charge is 2.27. The maximum Gasteiger partial charge on any atom is 0.237 e. The van der Waals surface area contributed by atoms with Crippen LogP contribution < -0.4 is 10.2 Å². The van der Waals surface area contributed by atoms with Gasteiger partial charge in [0.25, 0.3) is 0 Å². The van der Waals surface area contributed by atoms with Crippen molar-refractivity contribution >= 4 is 29.3 Å². The molecule has 1 N–H and O–H groups in total. The van der Waals surface area contributed by atoms with E-state index in [9.17, 15) is 14.0 Å². The van der Waals surface area contributed by atoms with E-state index in [4.69, 9.17) is 0 Å². The molecular weight excluding hydrogens is 365 g/mol. The molecule has 0 spiro atoms. The van der Waals surface area contributed by atoms with E-state index in [0.717, 1.165) is 27.5 Å². The van der Waals surface area contributed by atoms with Gasteiger partial charge in [-0.25, -0.2) is 9.37 Å². The Labute approximate surface area is 162 Å². The molecule has 5 nitrogen and oxygen atoms in total. The Balaban J connectivity index is 1.54. The summed E-state index contributed by atoms with van der Waals surface area (Å²) in [5.41, 5.74) is 3.54. The zero-order valence-electron chi connectivity index (χ0n) is 15.4. The number of carbonyl (C=O) groups excluding carboxylic acids is 2. The first-order chi connectivity index (χ1) is 12.9. The van der Waals surface area contributed by atoms with Crippen LogP contribution in [-0.2, 0) is 16.1 Å². The van der Waals surface area contributed by atoms with Crippen molar-refractivity contribution in [2.24, 2.45) is 0 Å². The van der Waals surface area contributed by atoms with Crippen molar-refractivity contribution in [2.75, 3.05) is 17.2 Å². The molecule has 27 heavy (non-hydrogen) atoms. The molecule has 1 aromatic carbocycles. The van der Waals surface area contributed by atoms with Gasteiger partial charge in [-0.05, 0) is 49.6 Å². The van der Waals surface area contributed by atoms with E-state index in [0.29, 0.717) is 31.7 Å². The molecule has 2 aromatic rings. The fraction of sp³-hybridized carbons (Fsp3) is 0.350. The molecule has 3 rings (SSSR count). The number of amides is 2. The van der Waals surface area contributed by atoms with Crippen molar-refractivity contribution < 1.29 is 14.0 Å². The lowest BCUT2D eigenvalue weighted by atomic mass is 10.1. The Morgan fingerprint density at radius 2 is 2.15 bits per heavy atom. The summed E-state index contributed by atoms with van der Waals surface area (Å²) in [5, 5.41) is 3.67. The Kier molecular flexibility index (Phi) is 6.11. The average molecular weight is 387 g/mol. The third-order valence-corrected chi connectivity index (χ3v) is 5.30. The third kappa shape index (κ3) is 4.86. The number of halogens is 1. The van der Waals surface area contributed by atoms with Gasteiger partial charge in [0.2, 0.25) is 11.8 Å². The second kappa shape index (κ2) is 8.52. The number of thioether (sulfide) groups is 1. The van der Waals surface area contributed by atoms with Crippen molar-refractivity contribution in [1.82, 2.24) is 10.3 Å². The van der Waals surface area contributed by atoms with Gasteiger partial charge in [0.1, 0.15) is 10.8 Å². The molecule has 0 radical (unpaired) electrons. The Morgan fingerprint density at radius 3 is 2.93 bits per heavy atom. The van der Waals surface area contributed by atoms with Crippen LogP contribution in [0.15, 0.2) is 35.4 Å². The number of hydrogen-bond donors (Lipinski definition) is 1. The Bertz CT molecular complexity index is 872. The predicted octanol–water partition coefficient (Wildman–Crippen LogP) is 3.37. The molecule has 1 aliphatic heterocycles. The lowest BCUT2D eigenvalue weighted by Crippen LogP contribution is -2.37. The fourth-order valence-corrected chi connectivity index (χ4v) is 4.16. The van der Waals surface area contributed by atoms with Crippen LogP contribution in [0.4, 0.5) is 10.1 Å². The lowest BCUT2D eigenvalue weighted by Gasteiger charge is -2.30. The number of anilines is 1. The molecule has 0 fully saturated rings. The molecular formula is C20H22FN3O2S. The van der Waals surface area contributed by atoms with E-state index in [1.165, 1.54) is 23.9 Å². The van der Waals surface area contributed by atoms with Gasteiger partial charge in [-0.2, -0.15) is 0 Å². The zero-order chi connectivity index (χ0) is 19.4. The number of pyridine rings is 1. The molecule has 0 saturated heterocycles. The van der Waals surface area contributed by atoms with E-state index in [2.05, 4.69) is 10.3 Å². The number of fused-ring (bicyclic) bond motifs is 1. The van der Waals surface area contributed by atoms with Gasteiger partial charge in [0.15, 0.2) is 0 Å². The fourth-order valence-electron chi connectivity index (χ4n) is 3.13. The van der Waals surface area contributed by atoms with Crippen molar-refractivity contribution in [2.45, 2.75) is 38.3 Å². The summed E-state index contributed by atoms with van der Waals surface area (Å²) in [5.74, 6) is -0.0196. The predicted molar refractivity (Wildman–Crippen MR) is 104 cm³/mol. The number of carbonyl (C=O) groups is 2. The van der Waals surface area contributed by atoms with E-state index in [-0.39, 0.29) is 17.6 Å². The maximum atomic E-state index is 13.2. The molecule has 0 saturated carbocycles. The topological polar surface area (TPSA) is 62.3 Å². The Morgan fingerprint density at radius 1 is 1.33 bits per heavy atom. The molecule has 1 aromatic heterocycles. The number of aryl methyl sites for hydroxylation is 2. The van der Waals surface area contributed by atoms with Crippen molar-refractivity contribution in [3.8, 4) is 0 Å². The Hall–Kier alpha value is -2.41. The first kappa shape index (κ1) is 19.4. The molecule has 0 atom stereocenters. The van der Waals surface area contributed by atoms with Crippen LogP contribution in [0.1, 0.15) is 29.7 Å². The standard InChI is InChI=1S/C20H22FN3O2S/c1-13-9-14(2)23-20-19(13)24(18(26)12-27-20)8-4-7-17(25)22-11-15-5-3-6-16(21)10-15/h3,5-6,9-10H,4,7-8,11-12H2,1-2H3,(H,22,25). The van der Waals surface area contributed by atoms with Gasteiger partial charge in [-0.3, -0.25) is 9.59 Å². The number of rotatable bonds is 6. The van der Waals surface area contributed by atoms with E-state index < -0.39 is 0 Å². The summed E-state index contributed by atoms with van der Waals surface area (Å²) in [4.78, 5) is 30.7. The molecule has 0 bridgehead atoms. The summed E-state index contributed by atoms with van der Waals surface area (Å²) in [6.45, 7) is 4.69. The zero-order valence-corrected chi connectivity index (χ0v) is 16.2. The summed E-state index contributed by atoms with van der Waals surface area (Å²) in [7, 11) is 0. The third-order valence-electron chi connectivity index (χ3n) is 4.35. The quantitative estimate of drug-likeness (QED) is 0.826. The van der Waals surface area contributed by atoms with Gasteiger partial charge in [0, 0.05) is 25.2 Å². The number of aromatic nitrogens is 1. The first-order valence-corrected chi connectivity index (χ1v) is 9.85. The van der Waals surface area contributed by atoms with E-state index in [1.807, 2.05) is 19.9 Å². The van der Waals surface area contributed by atoms with Gasteiger partial charge in [-0.1, -0.05) is 23.9 Å². The SMILES string of the molecule is Cc1cc(C)c2c(n1)SCC(=O)N2CCCC(=O)NCc1cccc(F)c1. The van der Waals surface area contributed by atoms with Crippen LogP contribution in [-0.4, -0.2) is 29.1 Å². The smallest absolute Gasteiger partial charge is 0.237 e. The van der Waals surface area contributed by atoms with Crippen LogP contribution in [0.25, 0.3) is 0 Å². The molecule has 1 aliphatic rings. The van der Waals surface area contributed by atoms with Gasteiger partial charge in [0.05, 0.1) is 11.4 Å². The summed E-state index contributed by atoms with van der Waals surface area (Å²) in [6.07, 6.45) is 0.859. The van der Waals surface area contributed by atoms with Crippen LogP contribution in [0.3, 0.4) is 0 Å². The van der Waals surface area contributed by atoms with Crippen molar-refractivity contribution in [3.63, 3.8) is 0 Å². The number of nitrogens with one attached hydrogen (secondary N) is 1. The molecule has 7 heteroatoms. The minimum atomic E-state index is -0.318. The summed E-state index contributed by atoms with van der Waals surface area (Å²) in [6, 6.07) is 8.12. The highest BCUT2D eigenvalue weighted by Crippen LogP contribution is 2.36. The highest BCUT2D eigenvalue weighted by atomic mass is 32.2. The molecule has 142 valence electrons. The van der Waals surface area contributed by atoms with Gasteiger partial charge in [-0.15, -0.1) is 0 Å². The normalized spacial score (nSPS) is 13.4. The van der Waals surface area contributed by atoms with Crippen LogP contribution >= 0.6 is 11.8 Å². The summed E-state index contributed by atoms with van der Waals surface area (Å²) < 4.78 is 13.2. The maximum absolute atomic E-state index is 13.2. The van der Waals surface area contributed by atoms with Crippen LogP contribution in [0.2, 0.25) is 0 Å². The summed E-state index contributed by atoms with van der Waals surface area (Å²) >= 11 is 1.46. The number of hydrogen-bond acceptors (Lipinski definition) is 4.